The summed E-state index contributed by atoms with van der Waals surface area (Å²) in [5.74, 6) is -0.448. The summed E-state index contributed by atoms with van der Waals surface area (Å²) in [6.45, 7) is 0. The van der Waals surface area contributed by atoms with Crippen molar-refractivity contribution in [3.63, 3.8) is 0 Å². The Bertz CT molecular complexity index is 781. The van der Waals surface area contributed by atoms with E-state index in [2.05, 4.69) is 26.0 Å². The maximum Gasteiger partial charge on any atom is 0.240 e. The van der Waals surface area contributed by atoms with Gasteiger partial charge in [0, 0.05) is 4.47 Å². The van der Waals surface area contributed by atoms with Crippen molar-refractivity contribution in [2.75, 3.05) is 18.1 Å². The number of benzene rings is 2. The van der Waals surface area contributed by atoms with E-state index in [1.807, 2.05) is 0 Å². The highest BCUT2D eigenvalue weighted by atomic mass is 79.9. The Hall–Kier alpha value is -1.64. The first kappa shape index (κ1) is 15.7. The molecule has 0 aliphatic rings. The van der Waals surface area contributed by atoms with Crippen molar-refractivity contribution < 1.29 is 12.8 Å². The van der Waals surface area contributed by atoms with E-state index < -0.39 is 15.8 Å². The van der Waals surface area contributed by atoms with Crippen LogP contribution in [0.1, 0.15) is 0 Å². The average molecular weight is 374 g/mol. The molecule has 0 bridgehead atoms. The minimum atomic E-state index is -3.56. The van der Waals surface area contributed by atoms with Crippen LogP contribution in [0.4, 0.5) is 21.5 Å². The van der Waals surface area contributed by atoms with E-state index in [1.165, 1.54) is 31.3 Å². The summed E-state index contributed by atoms with van der Waals surface area (Å²) in [6.07, 6.45) is 0. The quantitative estimate of drug-likeness (QED) is 0.719. The molecule has 0 fully saturated rings. The zero-order valence-corrected chi connectivity index (χ0v) is 13.4. The second-order valence-corrected chi connectivity index (χ2v) is 7.01. The first-order valence-corrected chi connectivity index (χ1v) is 8.16. The molecule has 0 saturated carbocycles. The van der Waals surface area contributed by atoms with Gasteiger partial charge >= 0.3 is 0 Å². The van der Waals surface area contributed by atoms with Gasteiger partial charge in [0.05, 0.1) is 22.0 Å². The Balaban J connectivity index is 2.34. The molecule has 0 amide bonds. The van der Waals surface area contributed by atoms with Crippen LogP contribution in [-0.4, -0.2) is 15.5 Å². The summed E-state index contributed by atoms with van der Waals surface area (Å²) in [5, 5.41) is 2.83. The van der Waals surface area contributed by atoms with Crippen molar-refractivity contribution >= 4 is 43.0 Å². The molecule has 8 heteroatoms. The van der Waals surface area contributed by atoms with Crippen molar-refractivity contribution in [2.24, 2.45) is 0 Å². The molecule has 4 N–H and O–H groups in total. The van der Waals surface area contributed by atoms with Gasteiger partial charge in [-0.25, -0.2) is 17.5 Å². The smallest absolute Gasteiger partial charge is 0.240 e. The number of halogens is 2. The number of rotatable bonds is 4. The third-order valence-electron chi connectivity index (χ3n) is 2.80. The van der Waals surface area contributed by atoms with E-state index in [9.17, 15) is 12.8 Å². The topological polar surface area (TPSA) is 84.2 Å². The number of hydrogen-bond acceptors (Lipinski definition) is 4. The van der Waals surface area contributed by atoms with Crippen LogP contribution in [0.15, 0.2) is 45.8 Å². The van der Waals surface area contributed by atoms with E-state index in [-0.39, 0.29) is 16.3 Å². The standard InChI is InChI=1S/C13H13BrFN3O2S/c1-17-21(19,20)9-3-5-13(11(16)7-9)18-12-4-2-8(14)6-10(12)15/h2-7,17-18H,16H2,1H3. The molecule has 0 saturated heterocycles. The SMILES string of the molecule is CNS(=O)(=O)c1ccc(Nc2ccc(Br)cc2F)c(N)c1. The molecule has 2 aromatic carbocycles. The Morgan fingerprint density at radius 3 is 2.38 bits per heavy atom. The lowest BCUT2D eigenvalue weighted by Crippen LogP contribution is -2.18. The molecule has 0 aliphatic heterocycles. The lowest BCUT2D eigenvalue weighted by Gasteiger charge is -2.12. The minimum absolute atomic E-state index is 0.0457. The van der Waals surface area contributed by atoms with E-state index >= 15 is 0 Å². The van der Waals surface area contributed by atoms with Gasteiger partial charge in [-0.15, -0.1) is 0 Å². The first-order valence-electron chi connectivity index (χ1n) is 5.88. The molecule has 0 heterocycles. The van der Waals surface area contributed by atoms with E-state index in [4.69, 9.17) is 5.73 Å². The predicted molar refractivity (Wildman–Crippen MR) is 84.5 cm³/mol. The minimum Gasteiger partial charge on any atom is -0.397 e. The lowest BCUT2D eigenvalue weighted by atomic mass is 10.2. The predicted octanol–water partition coefficient (Wildman–Crippen LogP) is 2.82. The Morgan fingerprint density at radius 2 is 1.81 bits per heavy atom. The Morgan fingerprint density at radius 1 is 1.14 bits per heavy atom. The molecule has 5 nitrogen and oxygen atoms in total. The van der Waals surface area contributed by atoms with Crippen LogP contribution in [0.3, 0.4) is 0 Å². The van der Waals surface area contributed by atoms with Gasteiger partial charge in [0.15, 0.2) is 0 Å². The molecule has 0 atom stereocenters. The second-order valence-electron chi connectivity index (χ2n) is 4.21. The molecular formula is C13H13BrFN3O2S. The van der Waals surface area contributed by atoms with Crippen LogP contribution in [0, 0.1) is 5.82 Å². The fourth-order valence-electron chi connectivity index (χ4n) is 1.68. The first-order chi connectivity index (χ1) is 9.83. The van der Waals surface area contributed by atoms with Gasteiger partial charge in [0.25, 0.3) is 0 Å². The highest BCUT2D eigenvalue weighted by molar-refractivity contribution is 9.10. The number of sulfonamides is 1. The van der Waals surface area contributed by atoms with Gasteiger partial charge in [0.1, 0.15) is 5.82 Å². The summed E-state index contributed by atoms with van der Waals surface area (Å²) in [6, 6.07) is 8.74. The van der Waals surface area contributed by atoms with Gasteiger partial charge in [-0.2, -0.15) is 0 Å². The molecule has 0 aromatic heterocycles. The Labute approximate surface area is 130 Å². The van der Waals surface area contributed by atoms with Crippen molar-refractivity contribution in [1.29, 1.82) is 0 Å². The third kappa shape index (κ3) is 3.52. The van der Waals surface area contributed by atoms with Crippen molar-refractivity contribution in [2.45, 2.75) is 4.90 Å². The van der Waals surface area contributed by atoms with E-state index in [0.717, 1.165) is 0 Å². The molecule has 0 aliphatic carbocycles. The molecule has 0 spiro atoms. The van der Waals surface area contributed by atoms with Crippen LogP contribution in [0.25, 0.3) is 0 Å². The third-order valence-corrected chi connectivity index (χ3v) is 4.71. The Kier molecular flexibility index (Phi) is 4.50. The van der Waals surface area contributed by atoms with E-state index in [1.54, 1.807) is 12.1 Å². The number of anilines is 3. The van der Waals surface area contributed by atoms with Crippen LogP contribution in [0.2, 0.25) is 0 Å². The van der Waals surface area contributed by atoms with Crippen LogP contribution in [0.5, 0.6) is 0 Å². The summed E-state index contributed by atoms with van der Waals surface area (Å²) in [7, 11) is -2.25. The van der Waals surface area contributed by atoms with Gasteiger partial charge in [-0.05, 0) is 43.4 Å². The maximum absolute atomic E-state index is 13.8. The van der Waals surface area contributed by atoms with Gasteiger partial charge < -0.3 is 11.1 Å². The van der Waals surface area contributed by atoms with Crippen LogP contribution in [-0.2, 0) is 10.0 Å². The number of nitrogens with two attached hydrogens (primary N) is 1. The normalized spacial score (nSPS) is 11.4. The van der Waals surface area contributed by atoms with Crippen LogP contribution < -0.4 is 15.8 Å². The summed E-state index contributed by atoms with van der Waals surface area (Å²) >= 11 is 3.17. The molecule has 21 heavy (non-hydrogen) atoms. The monoisotopic (exact) mass is 373 g/mol. The number of nitrogens with one attached hydrogen (secondary N) is 2. The van der Waals surface area contributed by atoms with E-state index in [0.29, 0.717) is 10.2 Å². The van der Waals surface area contributed by atoms with Crippen molar-refractivity contribution in [1.82, 2.24) is 4.72 Å². The second kappa shape index (κ2) is 6.00. The number of nitrogen functional groups attached to an aromatic ring is 1. The van der Waals surface area contributed by atoms with Crippen molar-refractivity contribution in [3.8, 4) is 0 Å². The zero-order valence-electron chi connectivity index (χ0n) is 11.0. The van der Waals surface area contributed by atoms with Gasteiger partial charge in [-0.3, -0.25) is 0 Å². The maximum atomic E-state index is 13.8. The summed E-state index contributed by atoms with van der Waals surface area (Å²) in [4.78, 5) is 0.0457. The summed E-state index contributed by atoms with van der Waals surface area (Å²) < 4.78 is 39.9. The zero-order chi connectivity index (χ0) is 15.6. The van der Waals surface area contributed by atoms with Crippen molar-refractivity contribution in [3.05, 3.63) is 46.7 Å². The fourth-order valence-corrected chi connectivity index (χ4v) is 2.77. The largest absolute Gasteiger partial charge is 0.397 e. The fraction of sp³-hybridized carbons (Fsp3) is 0.0769. The molecule has 112 valence electrons. The number of hydrogen-bond donors (Lipinski definition) is 3. The average Bonchev–Trinajstić information content (AvgIpc) is 2.43. The highest BCUT2D eigenvalue weighted by Gasteiger charge is 2.13. The van der Waals surface area contributed by atoms with Gasteiger partial charge in [-0.1, -0.05) is 15.9 Å². The molecule has 2 rings (SSSR count). The molecule has 2 aromatic rings. The lowest BCUT2D eigenvalue weighted by molar-refractivity contribution is 0.588. The molecule has 0 unspecified atom stereocenters. The molecule has 0 radical (unpaired) electrons. The van der Waals surface area contributed by atoms with Crippen LogP contribution >= 0.6 is 15.9 Å². The summed E-state index contributed by atoms with van der Waals surface area (Å²) in [5.41, 5.74) is 6.68. The van der Waals surface area contributed by atoms with Gasteiger partial charge in [0.2, 0.25) is 10.0 Å². The molecular weight excluding hydrogens is 361 g/mol. The highest BCUT2D eigenvalue weighted by Crippen LogP contribution is 2.28.